The predicted octanol–water partition coefficient (Wildman–Crippen LogP) is 2.15. The minimum Gasteiger partial charge on any atom is -0.386 e. The maximum absolute atomic E-state index is 12.6. The summed E-state index contributed by atoms with van der Waals surface area (Å²) in [5, 5.41) is 19.6. The lowest BCUT2D eigenvalue weighted by atomic mass is 9.95. The Morgan fingerprint density at radius 1 is 1.24 bits per heavy atom. The topological polar surface area (TPSA) is 136 Å². The van der Waals surface area contributed by atoms with Gasteiger partial charge in [0, 0.05) is 42.8 Å². The van der Waals surface area contributed by atoms with Crippen molar-refractivity contribution in [3.05, 3.63) is 77.2 Å². The van der Waals surface area contributed by atoms with E-state index in [2.05, 4.69) is 20.8 Å². The van der Waals surface area contributed by atoms with Gasteiger partial charge in [-0.25, -0.2) is 18.1 Å². The van der Waals surface area contributed by atoms with Crippen LogP contribution in [0.3, 0.4) is 0 Å². The number of pyridine rings is 2. The molecule has 34 heavy (non-hydrogen) atoms. The SMILES string of the molecule is Cc1ccc(CS(=O)(=O)NC(=O)c2ccncc2)cc1-c1cnc(N2CC(C)(O)C2)c(C#N)c1. The van der Waals surface area contributed by atoms with Crippen molar-refractivity contribution >= 4 is 21.7 Å². The van der Waals surface area contributed by atoms with Gasteiger partial charge in [0.15, 0.2) is 0 Å². The maximum Gasteiger partial charge on any atom is 0.264 e. The average molecular weight is 478 g/mol. The van der Waals surface area contributed by atoms with Crippen molar-refractivity contribution in [3.63, 3.8) is 0 Å². The number of anilines is 1. The molecule has 1 aromatic carbocycles. The monoisotopic (exact) mass is 477 g/mol. The van der Waals surface area contributed by atoms with Crippen LogP contribution in [-0.2, 0) is 15.8 Å². The maximum atomic E-state index is 12.6. The number of carbonyl (C=O) groups is 1. The van der Waals surface area contributed by atoms with Crippen LogP contribution < -0.4 is 9.62 Å². The summed E-state index contributed by atoms with van der Waals surface area (Å²) in [5.74, 6) is -0.609. The van der Waals surface area contributed by atoms with Crippen LogP contribution in [0.15, 0.2) is 55.0 Å². The number of hydrogen-bond acceptors (Lipinski definition) is 8. The number of aliphatic hydroxyl groups is 1. The van der Waals surface area contributed by atoms with E-state index >= 15 is 0 Å². The second-order valence-electron chi connectivity index (χ2n) is 8.64. The summed E-state index contributed by atoms with van der Waals surface area (Å²) >= 11 is 0. The lowest BCUT2D eigenvalue weighted by Gasteiger charge is -2.45. The van der Waals surface area contributed by atoms with Gasteiger partial charge >= 0.3 is 0 Å². The van der Waals surface area contributed by atoms with E-state index in [1.165, 1.54) is 24.5 Å². The normalized spacial score (nSPS) is 14.7. The Labute approximate surface area is 197 Å². The molecule has 0 saturated carbocycles. The highest BCUT2D eigenvalue weighted by molar-refractivity contribution is 7.89. The van der Waals surface area contributed by atoms with Crippen molar-refractivity contribution in [2.24, 2.45) is 0 Å². The molecule has 174 valence electrons. The quantitative estimate of drug-likeness (QED) is 0.551. The molecule has 1 fully saturated rings. The van der Waals surface area contributed by atoms with Crippen LogP contribution in [0.5, 0.6) is 0 Å². The number of carbonyl (C=O) groups excluding carboxylic acids is 1. The van der Waals surface area contributed by atoms with Crippen molar-refractivity contribution < 1.29 is 18.3 Å². The number of aromatic nitrogens is 2. The van der Waals surface area contributed by atoms with E-state index in [1.54, 1.807) is 37.4 Å². The summed E-state index contributed by atoms with van der Waals surface area (Å²) in [5.41, 5.74) is 2.54. The third kappa shape index (κ3) is 5.06. The average Bonchev–Trinajstić information content (AvgIpc) is 2.78. The van der Waals surface area contributed by atoms with Gasteiger partial charge < -0.3 is 10.0 Å². The molecule has 0 radical (unpaired) electrons. The molecule has 4 rings (SSSR count). The molecule has 2 N–H and O–H groups in total. The first-order valence-electron chi connectivity index (χ1n) is 10.5. The molecule has 0 atom stereocenters. The highest BCUT2D eigenvalue weighted by Gasteiger charge is 2.38. The van der Waals surface area contributed by atoms with Crippen LogP contribution >= 0.6 is 0 Å². The Balaban J connectivity index is 1.56. The Morgan fingerprint density at radius 3 is 2.59 bits per heavy atom. The second-order valence-corrected chi connectivity index (χ2v) is 10.4. The summed E-state index contributed by atoms with van der Waals surface area (Å²) in [6.07, 6.45) is 4.45. The zero-order valence-corrected chi connectivity index (χ0v) is 19.5. The van der Waals surface area contributed by atoms with Gasteiger partial charge in [0.2, 0.25) is 10.0 Å². The molecule has 1 aliphatic rings. The number of benzene rings is 1. The summed E-state index contributed by atoms with van der Waals surface area (Å²) in [6.45, 7) is 4.40. The van der Waals surface area contributed by atoms with Gasteiger partial charge in [-0.3, -0.25) is 9.78 Å². The van der Waals surface area contributed by atoms with Gasteiger partial charge in [0.1, 0.15) is 11.9 Å². The number of nitrogens with one attached hydrogen (secondary N) is 1. The number of nitrogens with zero attached hydrogens (tertiary/aromatic N) is 4. The van der Waals surface area contributed by atoms with E-state index in [1.807, 2.05) is 11.8 Å². The van der Waals surface area contributed by atoms with Gasteiger partial charge in [-0.1, -0.05) is 12.1 Å². The molecule has 0 unspecified atom stereocenters. The highest BCUT2D eigenvalue weighted by atomic mass is 32.2. The van der Waals surface area contributed by atoms with Crippen LogP contribution in [0.1, 0.15) is 34.0 Å². The summed E-state index contributed by atoms with van der Waals surface area (Å²) in [6, 6.07) is 11.9. The van der Waals surface area contributed by atoms with Crippen LogP contribution in [-0.4, -0.2) is 48.1 Å². The zero-order chi connectivity index (χ0) is 24.5. The minimum atomic E-state index is -3.95. The fraction of sp³-hybridized carbons (Fsp3) is 0.250. The fourth-order valence-electron chi connectivity index (χ4n) is 3.89. The number of nitriles is 1. The molecule has 9 nitrogen and oxygen atoms in total. The van der Waals surface area contributed by atoms with E-state index in [0.29, 0.717) is 35.6 Å². The lowest BCUT2D eigenvalue weighted by Crippen LogP contribution is -2.60. The molecule has 0 aliphatic carbocycles. The van der Waals surface area contributed by atoms with Gasteiger partial charge in [-0.2, -0.15) is 5.26 Å². The van der Waals surface area contributed by atoms with Gasteiger partial charge in [0.25, 0.3) is 5.91 Å². The van der Waals surface area contributed by atoms with Gasteiger partial charge in [-0.15, -0.1) is 0 Å². The summed E-state index contributed by atoms with van der Waals surface area (Å²) in [7, 11) is -3.95. The number of aryl methyl sites for hydroxylation is 1. The Morgan fingerprint density at radius 2 is 1.94 bits per heavy atom. The largest absolute Gasteiger partial charge is 0.386 e. The molecule has 1 aliphatic heterocycles. The molecule has 0 bridgehead atoms. The molecule has 10 heteroatoms. The van der Waals surface area contributed by atoms with Crippen molar-refractivity contribution in [3.8, 4) is 17.2 Å². The molecular weight excluding hydrogens is 454 g/mol. The fourth-order valence-corrected chi connectivity index (χ4v) is 4.98. The first-order valence-corrected chi connectivity index (χ1v) is 12.1. The molecular formula is C24H23N5O4S. The first-order chi connectivity index (χ1) is 16.1. The third-order valence-electron chi connectivity index (χ3n) is 5.51. The minimum absolute atomic E-state index is 0.196. The molecule has 2 aromatic heterocycles. The molecule has 0 spiro atoms. The Hall–Kier alpha value is -3.81. The van der Waals surface area contributed by atoms with E-state index in [9.17, 15) is 23.6 Å². The van der Waals surface area contributed by atoms with Crippen LogP contribution in [0.25, 0.3) is 11.1 Å². The predicted molar refractivity (Wildman–Crippen MR) is 126 cm³/mol. The number of amides is 1. The van der Waals surface area contributed by atoms with Crippen molar-refractivity contribution in [1.29, 1.82) is 5.26 Å². The molecule has 3 aromatic rings. The van der Waals surface area contributed by atoms with Crippen molar-refractivity contribution in [2.45, 2.75) is 25.2 Å². The highest BCUT2D eigenvalue weighted by Crippen LogP contribution is 2.32. The van der Waals surface area contributed by atoms with E-state index in [-0.39, 0.29) is 5.56 Å². The second kappa shape index (κ2) is 8.85. The molecule has 3 heterocycles. The van der Waals surface area contributed by atoms with Crippen LogP contribution in [0.2, 0.25) is 0 Å². The Kier molecular flexibility index (Phi) is 6.08. The van der Waals surface area contributed by atoms with E-state index in [4.69, 9.17) is 0 Å². The number of hydrogen-bond donors (Lipinski definition) is 2. The number of β-amino-alcohol motifs (C(OH)–C–C–N with tert-alkyl or cyclic N) is 1. The van der Waals surface area contributed by atoms with E-state index in [0.717, 1.165) is 11.1 Å². The smallest absolute Gasteiger partial charge is 0.264 e. The van der Waals surface area contributed by atoms with Crippen LogP contribution in [0.4, 0.5) is 5.82 Å². The first kappa shape index (κ1) is 23.4. The number of sulfonamides is 1. The van der Waals surface area contributed by atoms with Gasteiger partial charge in [0.05, 0.1) is 16.9 Å². The van der Waals surface area contributed by atoms with Crippen molar-refractivity contribution in [2.75, 3.05) is 18.0 Å². The van der Waals surface area contributed by atoms with E-state index < -0.39 is 27.3 Å². The number of rotatable bonds is 6. The van der Waals surface area contributed by atoms with Crippen LogP contribution in [0, 0.1) is 18.3 Å². The molecule has 1 saturated heterocycles. The third-order valence-corrected chi connectivity index (χ3v) is 6.72. The Bertz CT molecular complexity index is 1390. The van der Waals surface area contributed by atoms with Gasteiger partial charge in [-0.05, 0) is 54.8 Å². The lowest BCUT2D eigenvalue weighted by molar-refractivity contribution is 0.0305. The summed E-state index contributed by atoms with van der Waals surface area (Å²) < 4.78 is 27.3. The zero-order valence-electron chi connectivity index (χ0n) is 18.7. The molecule has 1 amide bonds. The standard InChI is InChI=1S/C24H23N5O4S/c1-16-3-4-17(13-34(32,33)28-23(30)18-5-7-26-8-6-18)9-21(16)20-10-19(11-25)22(27-12-20)29-14-24(2,31)15-29/h3-10,12,31H,13-15H2,1-2H3,(H,28,30). The summed E-state index contributed by atoms with van der Waals surface area (Å²) in [4.78, 5) is 22.3. The van der Waals surface area contributed by atoms with Crippen molar-refractivity contribution in [1.82, 2.24) is 14.7 Å².